The molecule has 4 rings (SSSR count). The molecule has 0 aliphatic carbocycles. The number of ether oxygens (including phenoxy) is 1. The first kappa shape index (κ1) is 19.9. The molecule has 152 valence electrons. The maximum absolute atomic E-state index is 14.0. The zero-order valence-electron chi connectivity index (χ0n) is 16.6. The van der Waals surface area contributed by atoms with E-state index in [2.05, 4.69) is 31.8 Å². The van der Waals surface area contributed by atoms with E-state index in [4.69, 9.17) is 4.74 Å². The minimum Gasteiger partial charge on any atom is -0.494 e. The van der Waals surface area contributed by atoms with E-state index in [9.17, 15) is 4.39 Å². The number of rotatable bonds is 7. The van der Waals surface area contributed by atoms with Crippen LogP contribution in [-0.2, 0) is 12.3 Å². The maximum Gasteiger partial charge on any atom is 0.196 e. The lowest BCUT2D eigenvalue weighted by Crippen LogP contribution is -2.30. The lowest BCUT2D eigenvalue weighted by atomic mass is 10.1. The van der Waals surface area contributed by atoms with Gasteiger partial charge in [-0.1, -0.05) is 42.4 Å². The lowest BCUT2D eigenvalue weighted by molar-refractivity contribution is 0.214. The molecule has 5 nitrogen and oxygen atoms in total. The predicted octanol–water partition coefficient (Wildman–Crippen LogP) is 4.69. The minimum atomic E-state index is -0.346. The van der Waals surface area contributed by atoms with Crippen LogP contribution in [0, 0.1) is 5.82 Å². The lowest BCUT2D eigenvalue weighted by Gasteiger charge is -2.26. The Hall–Kier alpha value is -2.38. The Morgan fingerprint density at radius 2 is 1.83 bits per heavy atom. The molecule has 0 unspecified atom stereocenters. The molecule has 3 aromatic rings. The number of para-hydroxylation sites is 1. The van der Waals surface area contributed by atoms with Crippen LogP contribution >= 0.6 is 11.8 Å². The molecule has 1 aliphatic rings. The number of hydrogen-bond acceptors (Lipinski definition) is 5. The van der Waals surface area contributed by atoms with Crippen LogP contribution in [0.1, 0.15) is 30.7 Å². The third kappa shape index (κ3) is 4.79. The van der Waals surface area contributed by atoms with Gasteiger partial charge < -0.3 is 4.74 Å². The number of nitrogens with zero attached hydrogens (tertiary/aromatic N) is 4. The number of aromatic nitrogens is 3. The molecule has 0 spiro atoms. The average Bonchev–Trinajstić information content (AvgIpc) is 3.16. The van der Waals surface area contributed by atoms with Crippen LogP contribution in [0.3, 0.4) is 0 Å². The summed E-state index contributed by atoms with van der Waals surface area (Å²) in [6.45, 7) is 3.00. The summed E-state index contributed by atoms with van der Waals surface area (Å²) in [5, 5.41) is 9.78. The summed E-state index contributed by atoms with van der Waals surface area (Å²) < 4.78 is 21.1. The first-order chi connectivity index (χ1) is 14.2. The highest BCUT2D eigenvalue weighted by Crippen LogP contribution is 2.28. The standard InChI is InChI=1S/C22H25FN4OS/c1-28-20-11-10-17(14-19(20)23)16-29-22-25-24-21(15-26-12-6-3-7-13-26)27(22)18-8-4-2-5-9-18/h2,4-5,8-11,14H,3,6-7,12-13,15-16H2,1H3. The van der Waals surface area contributed by atoms with E-state index in [0.29, 0.717) is 5.75 Å². The highest BCUT2D eigenvalue weighted by Gasteiger charge is 2.19. The largest absolute Gasteiger partial charge is 0.494 e. The van der Waals surface area contributed by atoms with Gasteiger partial charge in [0.1, 0.15) is 0 Å². The Bertz CT molecular complexity index is 941. The quantitative estimate of drug-likeness (QED) is 0.527. The van der Waals surface area contributed by atoms with Crippen molar-refractivity contribution in [2.24, 2.45) is 0 Å². The normalized spacial score (nSPS) is 14.8. The van der Waals surface area contributed by atoms with Crippen LogP contribution in [0.4, 0.5) is 4.39 Å². The van der Waals surface area contributed by atoms with Gasteiger partial charge in [0.2, 0.25) is 0 Å². The van der Waals surface area contributed by atoms with E-state index in [1.54, 1.807) is 17.8 Å². The molecule has 1 saturated heterocycles. The number of halogens is 1. The van der Waals surface area contributed by atoms with Crippen molar-refractivity contribution in [2.75, 3.05) is 20.2 Å². The van der Waals surface area contributed by atoms with Crippen molar-refractivity contribution >= 4 is 11.8 Å². The number of hydrogen-bond donors (Lipinski definition) is 0. The fourth-order valence-corrected chi connectivity index (χ4v) is 4.51. The number of likely N-dealkylation sites (tertiary alicyclic amines) is 1. The third-order valence-corrected chi connectivity index (χ3v) is 6.11. The Balaban J connectivity index is 1.56. The summed E-state index contributed by atoms with van der Waals surface area (Å²) in [5.41, 5.74) is 1.93. The van der Waals surface area contributed by atoms with Crippen LogP contribution in [0.15, 0.2) is 53.7 Å². The van der Waals surface area contributed by atoms with Crippen LogP contribution in [0.25, 0.3) is 5.69 Å². The van der Waals surface area contributed by atoms with Crippen LogP contribution in [-0.4, -0.2) is 39.9 Å². The predicted molar refractivity (Wildman–Crippen MR) is 113 cm³/mol. The van der Waals surface area contributed by atoms with E-state index in [1.165, 1.54) is 32.4 Å². The van der Waals surface area contributed by atoms with Crippen molar-refractivity contribution < 1.29 is 9.13 Å². The molecular formula is C22H25FN4OS. The van der Waals surface area contributed by atoms with Gasteiger partial charge in [-0.15, -0.1) is 10.2 Å². The maximum atomic E-state index is 14.0. The van der Waals surface area contributed by atoms with Gasteiger partial charge in [-0.2, -0.15) is 0 Å². The second-order valence-electron chi connectivity index (χ2n) is 7.16. The van der Waals surface area contributed by atoms with Crippen molar-refractivity contribution in [2.45, 2.75) is 36.7 Å². The van der Waals surface area contributed by atoms with Crippen molar-refractivity contribution in [3.05, 3.63) is 65.7 Å². The monoisotopic (exact) mass is 412 g/mol. The molecule has 7 heteroatoms. The molecule has 0 N–H and O–H groups in total. The van der Waals surface area contributed by atoms with Gasteiger partial charge in [0.15, 0.2) is 22.5 Å². The molecule has 0 amide bonds. The number of methoxy groups -OCH3 is 1. The molecule has 29 heavy (non-hydrogen) atoms. The highest BCUT2D eigenvalue weighted by atomic mass is 32.2. The summed E-state index contributed by atoms with van der Waals surface area (Å²) in [4.78, 5) is 2.44. The minimum absolute atomic E-state index is 0.259. The second-order valence-corrected chi connectivity index (χ2v) is 8.11. The van der Waals surface area contributed by atoms with E-state index in [1.807, 2.05) is 24.3 Å². The fourth-order valence-electron chi connectivity index (χ4n) is 3.60. The summed E-state index contributed by atoms with van der Waals surface area (Å²) in [7, 11) is 1.47. The first-order valence-corrected chi connectivity index (χ1v) is 10.9. The molecule has 2 aromatic carbocycles. The van der Waals surface area contributed by atoms with Gasteiger partial charge in [0.25, 0.3) is 0 Å². The molecule has 1 aliphatic heterocycles. The molecular weight excluding hydrogens is 387 g/mol. The zero-order valence-corrected chi connectivity index (χ0v) is 17.4. The van der Waals surface area contributed by atoms with E-state index >= 15 is 0 Å². The number of piperidine rings is 1. The molecule has 0 bridgehead atoms. The number of thioether (sulfide) groups is 1. The molecule has 0 saturated carbocycles. The summed E-state index contributed by atoms with van der Waals surface area (Å²) in [6, 6.07) is 15.2. The summed E-state index contributed by atoms with van der Waals surface area (Å²) in [5.74, 6) is 1.47. The summed E-state index contributed by atoms with van der Waals surface area (Å²) in [6.07, 6.45) is 3.79. The average molecular weight is 413 g/mol. The third-order valence-electron chi connectivity index (χ3n) is 5.11. The Morgan fingerprint density at radius 3 is 2.55 bits per heavy atom. The Labute approximate surface area is 174 Å². The van der Waals surface area contributed by atoms with Crippen molar-refractivity contribution in [3.8, 4) is 11.4 Å². The number of benzene rings is 2. The van der Waals surface area contributed by atoms with Crippen LogP contribution in [0.5, 0.6) is 5.75 Å². The van der Waals surface area contributed by atoms with Crippen LogP contribution in [0.2, 0.25) is 0 Å². The molecule has 0 atom stereocenters. The van der Waals surface area contributed by atoms with Crippen LogP contribution < -0.4 is 4.74 Å². The van der Waals surface area contributed by atoms with E-state index in [-0.39, 0.29) is 11.6 Å². The van der Waals surface area contributed by atoms with Gasteiger partial charge in [-0.25, -0.2) is 4.39 Å². The van der Waals surface area contributed by atoms with E-state index < -0.39 is 0 Å². The molecule has 1 fully saturated rings. The Kier molecular flexibility index (Phi) is 6.46. The van der Waals surface area contributed by atoms with Gasteiger partial charge in [0, 0.05) is 11.4 Å². The van der Waals surface area contributed by atoms with E-state index in [0.717, 1.165) is 41.9 Å². The second kappa shape index (κ2) is 9.41. The van der Waals surface area contributed by atoms with Crippen molar-refractivity contribution in [3.63, 3.8) is 0 Å². The van der Waals surface area contributed by atoms with Crippen molar-refractivity contribution in [1.29, 1.82) is 0 Å². The molecule has 2 heterocycles. The van der Waals surface area contributed by atoms with Gasteiger partial charge >= 0.3 is 0 Å². The smallest absolute Gasteiger partial charge is 0.196 e. The zero-order chi connectivity index (χ0) is 20.1. The molecule has 1 aromatic heterocycles. The van der Waals surface area contributed by atoms with Gasteiger partial charge in [0.05, 0.1) is 13.7 Å². The highest BCUT2D eigenvalue weighted by molar-refractivity contribution is 7.98. The molecule has 0 radical (unpaired) electrons. The first-order valence-electron chi connectivity index (χ1n) is 9.92. The van der Waals surface area contributed by atoms with Gasteiger partial charge in [-0.3, -0.25) is 9.47 Å². The fraction of sp³-hybridized carbons (Fsp3) is 0.364. The summed E-state index contributed by atoms with van der Waals surface area (Å²) >= 11 is 1.56. The van der Waals surface area contributed by atoms with Crippen molar-refractivity contribution in [1.82, 2.24) is 19.7 Å². The Morgan fingerprint density at radius 1 is 1.03 bits per heavy atom. The van der Waals surface area contributed by atoms with Gasteiger partial charge in [-0.05, 0) is 55.8 Å². The topological polar surface area (TPSA) is 43.2 Å². The SMILES string of the molecule is COc1ccc(CSc2nnc(CN3CCCCC3)n2-c2ccccc2)cc1F.